The van der Waals surface area contributed by atoms with Crippen LogP contribution >= 0.6 is 0 Å². The molecule has 0 aliphatic carbocycles. The number of carbonyl (C=O) groups excluding carboxylic acids is 1. The summed E-state index contributed by atoms with van der Waals surface area (Å²) in [5.41, 5.74) is 1.53. The summed E-state index contributed by atoms with van der Waals surface area (Å²) in [5.74, 6) is -1.24. The number of nitrogens with zero attached hydrogens (tertiary/aromatic N) is 1. The summed E-state index contributed by atoms with van der Waals surface area (Å²) >= 11 is 0. The summed E-state index contributed by atoms with van der Waals surface area (Å²) in [5, 5.41) is 9.63. The summed E-state index contributed by atoms with van der Waals surface area (Å²) in [6.07, 6.45) is 0. The summed E-state index contributed by atoms with van der Waals surface area (Å²) in [6.45, 7) is -0.122. The molecule has 0 radical (unpaired) electrons. The number of fused-ring (bicyclic) bond motifs is 1. The number of hydrogen-bond acceptors (Lipinski definition) is 5. The van der Waals surface area contributed by atoms with Crippen molar-refractivity contribution in [3.8, 4) is 6.07 Å². The van der Waals surface area contributed by atoms with Gasteiger partial charge in [0.1, 0.15) is 18.0 Å². The van der Waals surface area contributed by atoms with Gasteiger partial charge in [-0.05, 0) is 24.3 Å². The third-order valence-corrected chi connectivity index (χ3v) is 3.71. The zero-order valence-corrected chi connectivity index (χ0v) is 13.4. The van der Waals surface area contributed by atoms with E-state index in [1.165, 1.54) is 25.3 Å². The minimum absolute atomic E-state index is 0.0277. The van der Waals surface area contributed by atoms with Gasteiger partial charge >= 0.3 is 5.97 Å². The Morgan fingerprint density at radius 1 is 1.24 bits per heavy atom. The number of para-hydroxylation sites is 1. The summed E-state index contributed by atoms with van der Waals surface area (Å²) < 4.78 is 29.7. The number of esters is 1. The third-order valence-electron chi connectivity index (χ3n) is 3.71. The Hall–Kier alpha value is -3.17. The molecule has 0 N–H and O–H groups in total. The molecule has 126 valence electrons. The fourth-order valence-corrected chi connectivity index (χ4v) is 2.52. The van der Waals surface area contributed by atoms with Crippen LogP contribution in [0, 0.1) is 17.1 Å². The molecule has 0 amide bonds. The Morgan fingerprint density at radius 3 is 2.80 bits per heavy atom. The van der Waals surface area contributed by atoms with Gasteiger partial charge < -0.3 is 13.9 Å². The summed E-state index contributed by atoms with van der Waals surface area (Å²) in [7, 11) is 1.51. The molecule has 0 spiro atoms. The van der Waals surface area contributed by atoms with E-state index in [9.17, 15) is 9.18 Å². The lowest BCUT2D eigenvalue weighted by molar-refractivity contribution is 0.0429. The number of rotatable bonds is 5. The minimum atomic E-state index is -0.718. The van der Waals surface area contributed by atoms with E-state index in [1.807, 2.05) is 18.2 Å². The van der Waals surface area contributed by atoms with Crippen LogP contribution in [0.3, 0.4) is 0 Å². The fourth-order valence-electron chi connectivity index (χ4n) is 2.52. The van der Waals surface area contributed by atoms with Gasteiger partial charge in [0.2, 0.25) is 5.76 Å². The van der Waals surface area contributed by atoms with Crippen LogP contribution < -0.4 is 0 Å². The predicted octanol–water partition coefficient (Wildman–Crippen LogP) is 3.95. The highest BCUT2D eigenvalue weighted by Crippen LogP contribution is 2.27. The zero-order valence-electron chi connectivity index (χ0n) is 13.4. The van der Waals surface area contributed by atoms with E-state index in [0.29, 0.717) is 11.1 Å². The first-order valence-corrected chi connectivity index (χ1v) is 7.49. The van der Waals surface area contributed by atoms with Gasteiger partial charge in [-0.25, -0.2) is 9.18 Å². The molecule has 6 heteroatoms. The quantitative estimate of drug-likeness (QED) is 0.658. The Morgan fingerprint density at radius 2 is 2.04 bits per heavy atom. The molecule has 5 nitrogen and oxygen atoms in total. The molecular formula is C19H14FNO4. The van der Waals surface area contributed by atoms with Gasteiger partial charge in [0.25, 0.3) is 0 Å². The number of methoxy groups -OCH3 is 1. The molecule has 0 aliphatic heterocycles. The molecular weight excluding hydrogens is 325 g/mol. The number of hydrogen-bond donors (Lipinski definition) is 0. The number of carbonyl (C=O) groups is 1. The van der Waals surface area contributed by atoms with Crippen LogP contribution in [0.25, 0.3) is 11.0 Å². The monoisotopic (exact) mass is 339 g/mol. The first-order valence-electron chi connectivity index (χ1n) is 7.49. The van der Waals surface area contributed by atoms with Crippen molar-refractivity contribution in [1.82, 2.24) is 0 Å². The van der Waals surface area contributed by atoms with Crippen LogP contribution in [0.1, 0.15) is 27.2 Å². The average molecular weight is 339 g/mol. The fraction of sp³-hybridized carbons (Fsp3) is 0.158. The van der Waals surface area contributed by atoms with E-state index < -0.39 is 11.8 Å². The zero-order chi connectivity index (χ0) is 17.8. The summed E-state index contributed by atoms with van der Waals surface area (Å²) in [6, 6.07) is 13.0. The van der Waals surface area contributed by atoms with Gasteiger partial charge in [-0.2, -0.15) is 5.26 Å². The highest BCUT2D eigenvalue weighted by Gasteiger charge is 2.22. The van der Waals surface area contributed by atoms with E-state index >= 15 is 0 Å². The normalized spacial score (nSPS) is 10.6. The first kappa shape index (κ1) is 16.7. The Balaban J connectivity index is 1.86. The van der Waals surface area contributed by atoms with Gasteiger partial charge in [-0.15, -0.1) is 0 Å². The van der Waals surface area contributed by atoms with Gasteiger partial charge in [0, 0.05) is 23.6 Å². The van der Waals surface area contributed by atoms with E-state index in [1.54, 1.807) is 12.1 Å². The number of ether oxygens (including phenoxy) is 2. The Bertz CT molecular complexity index is 971. The van der Waals surface area contributed by atoms with Gasteiger partial charge in [0.05, 0.1) is 18.2 Å². The SMILES string of the molecule is COCc1c(C(=O)OCc2cc(C#N)ccc2F)oc2ccccc12. The number of nitriles is 1. The number of halogens is 1. The van der Waals surface area contributed by atoms with Crippen LogP contribution in [-0.4, -0.2) is 13.1 Å². The molecule has 0 atom stereocenters. The first-order chi connectivity index (χ1) is 12.1. The molecule has 25 heavy (non-hydrogen) atoms. The van der Waals surface area contributed by atoms with E-state index in [0.717, 1.165) is 5.39 Å². The molecule has 1 heterocycles. The van der Waals surface area contributed by atoms with E-state index in [-0.39, 0.29) is 30.1 Å². The second-order valence-corrected chi connectivity index (χ2v) is 5.33. The van der Waals surface area contributed by atoms with Crippen molar-refractivity contribution in [3.05, 3.63) is 70.7 Å². The van der Waals surface area contributed by atoms with Crippen LogP contribution in [0.15, 0.2) is 46.9 Å². The van der Waals surface area contributed by atoms with Crippen molar-refractivity contribution in [3.63, 3.8) is 0 Å². The van der Waals surface area contributed by atoms with Gasteiger partial charge in [0.15, 0.2) is 0 Å². The third kappa shape index (κ3) is 3.37. The molecule has 0 bridgehead atoms. The molecule has 0 fully saturated rings. The van der Waals surface area contributed by atoms with Crippen LogP contribution in [0.5, 0.6) is 0 Å². The van der Waals surface area contributed by atoms with Crippen molar-refractivity contribution in [1.29, 1.82) is 5.26 Å². The number of furan rings is 1. The van der Waals surface area contributed by atoms with Crippen molar-refractivity contribution in [2.75, 3.05) is 7.11 Å². The van der Waals surface area contributed by atoms with Crippen molar-refractivity contribution < 1.29 is 23.1 Å². The average Bonchev–Trinajstić information content (AvgIpc) is 3.00. The lowest BCUT2D eigenvalue weighted by atomic mass is 10.1. The maximum absolute atomic E-state index is 13.8. The second-order valence-electron chi connectivity index (χ2n) is 5.33. The molecule has 0 saturated carbocycles. The lowest BCUT2D eigenvalue weighted by Crippen LogP contribution is -2.08. The molecule has 3 aromatic rings. The predicted molar refractivity (Wildman–Crippen MR) is 87.2 cm³/mol. The standard InChI is InChI=1S/C19H14FNO4/c1-23-11-15-14-4-2-3-5-17(14)25-18(15)19(22)24-10-13-8-12(9-21)6-7-16(13)20/h2-8H,10-11H2,1H3. The minimum Gasteiger partial charge on any atom is -0.455 e. The van der Waals surface area contributed by atoms with Gasteiger partial charge in [-0.1, -0.05) is 18.2 Å². The largest absolute Gasteiger partial charge is 0.455 e. The topological polar surface area (TPSA) is 72.5 Å². The van der Waals surface area contributed by atoms with E-state index in [2.05, 4.69) is 0 Å². The Kier molecular flexibility index (Phi) is 4.78. The molecule has 2 aromatic carbocycles. The molecule has 0 unspecified atom stereocenters. The highest BCUT2D eigenvalue weighted by atomic mass is 19.1. The van der Waals surface area contributed by atoms with E-state index in [4.69, 9.17) is 19.2 Å². The van der Waals surface area contributed by atoms with Crippen molar-refractivity contribution >= 4 is 16.9 Å². The molecule has 0 aliphatic rings. The van der Waals surface area contributed by atoms with Crippen molar-refractivity contribution in [2.45, 2.75) is 13.2 Å². The Labute approximate surface area is 143 Å². The molecule has 0 saturated heterocycles. The maximum Gasteiger partial charge on any atom is 0.374 e. The smallest absolute Gasteiger partial charge is 0.374 e. The highest BCUT2D eigenvalue weighted by molar-refractivity contribution is 5.96. The maximum atomic E-state index is 13.8. The molecule has 1 aromatic heterocycles. The second kappa shape index (κ2) is 7.16. The van der Waals surface area contributed by atoms with Crippen molar-refractivity contribution in [2.24, 2.45) is 0 Å². The van der Waals surface area contributed by atoms with Gasteiger partial charge in [-0.3, -0.25) is 0 Å². The lowest BCUT2D eigenvalue weighted by Gasteiger charge is -2.06. The van der Waals surface area contributed by atoms with Crippen LogP contribution in [0.4, 0.5) is 4.39 Å². The van der Waals surface area contributed by atoms with Crippen LogP contribution in [0.2, 0.25) is 0 Å². The van der Waals surface area contributed by atoms with Crippen LogP contribution in [-0.2, 0) is 22.7 Å². The molecule has 3 rings (SSSR count). The summed E-state index contributed by atoms with van der Waals surface area (Å²) in [4.78, 5) is 12.4. The number of benzene rings is 2.